The van der Waals surface area contributed by atoms with Gasteiger partial charge in [0.1, 0.15) is 12.7 Å². The first-order valence-corrected chi connectivity index (χ1v) is 9.39. The summed E-state index contributed by atoms with van der Waals surface area (Å²) >= 11 is 1.44. The van der Waals surface area contributed by atoms with E-state index in [4.69, 9.17) is 0 Å². The fraction of sp³-hybridized carbons (Fsp3) is 0.200. The van der Waals surface area contributed by atoms with E-state index in [1.165, 1.54) is 16.9 Å². The van der Waals surface area contributed by atoms with Gasteiger partial charge < -0.3 is 0 Å². The lowest BCUT2D eigenvalue weighted by Crippen LogP contribution is -2.14. The molecular formula is C20H19N5OS. The number of hydrogen-bond donors (Lipinski definition) is 1. The summed E-state index contributed by atoms with van der Waals surface area (Å²) in [7, 11) is 0. The van der Waals surface area contributed by atoms with E-state index < -0.39 is 0 Å². The van der Waals surface area contributed by atoms with Gasteiger partial charge in [-0.15, -0.1) is 10.2 Å². The SMILES string of the molecule is CC(C)(C)c1ccc(C(=O)Nc2nc3ccc(-n4cnnc4)cc3s2)cc1. The molecule has 4 rings (SSSR count). The normalized spacial score (nSPS) is 11.7. The van der Waals surface area contributed by atoms with Crippen LogP contribution in [0.1, 0.15) is 36.7 Å². The second kappa shape index (κ2) is 6.59. The van der Waals surface area contributed by atoms with Crippen molar-refractivity contribution in [2.24, 2.45) is 0 Å². The smallest absolute Gasteiger partial charge is 0.257 e. The van der Waals surface area contributed by atoms with Gasteiger partial charge in [-0.2, -0.15) is 0 Å². The lowest BCUT2D eigenvalue weighted by molar-refractivity contribution is 0.102. The molecule has 0 unspecified atom stereocenters. The average molecular weight is 377 g/mol. The Morgan fingerprint density at radius 2 is 1.74 bits per heavy atom. The predicted molar refractivity (Wildman–Crippen MR) is 108 cm³/mol. The second-order valence-corrected chi connectivity index (χ2v) is 8.35. The number of anilines is 1. The lowest BCUT2D eigenvalue weighted by Gasteiger charge is -2.18. The third kappa shape index (κ3) is 3.59. The van der Waals surface area contributed by atoms with Gasteiger partial charge in [0.25, 0.3) is 5.91 Å². The van der Waals surface area contributed by atoms with Crippen LogP contribution in [0.3, 0.4) is 0 Å². The largest absolute Gasteiger partial charge is 0.298 e. The number of rotatable bonds is 3. The molecule has 7 heteroatoms. The van der Waals surface area contributed by atoms with Gasteiger partial charge in [0.2, 0.25) is 0 Å². The van der Waals surface area contributed by atoms with Crippen LogP contribution in [0.2, 0.25) is 0 Å². The highest BCUT2D eigenvalue weighted by atomic mass is 32.1. The number of nitrogens with zero attached hydrogens (tertiary/aromatic N) is 4. The molecule has 1 amide bonds. The third-order valence-electron chi connectivity index (χ3n) is 4.32. The molecule has 2 aromatic carbocycles. The van der Waals surface area contributed by atoms with Gasteiger partial charge in [-0.1, -0.05) is 44.2 Å². The summed E-state index contributed by atoms with van der Waals surface area (Å²) < 4.78 is 2.81. The number of hydrogen-bond acceptors (Lipinski definition) is 5. The highest BCUT2D eigenvalue weighted by Gasteiger charge is 2.15. The standard InChI is InChI=1S/C20H19N5OS/c1-20(2,3)14-6-4-13(5-7-14)18(26)24-19-23-16-9-8-15(10-17(16)27-19)25-11-21-22-12-25/h4-12H,1-3H3,(H,23,24,26). The maximum absolute atomic E-state index is 12.5. The topological polar surface area (TPSA) is 72.7 Å². The van der Waals surface area contributed by atoms with Crippen molar-refractivity contribution in [3.63, 3.8) is 0 Å². The van der Waals surface area contributed by atoms with E-state index in [0.717, 1.165) is 15.9 Å². The summed E-state index contributed by atoms with van der Waals surface area (Å²) in [4.78, 5) is 17.0. The minimum Gasteiger partial charge on any atom is -0.298 e. The molecule has 27 heavy (non-hydrogen) atoms. The van der Waals surface area contributed by atoms with Gasteiger partial charge in [-0.05, 0) is 41.3 Å². The van der Waals surface area contributed by atoms with Crippen LogP contribution in [-0.2, 0) is 5.41 Å². The van der Waals surface area contributed by atoms with Crippen LogP contribution in [0.4, 0.5) is 5.13 Å². The number of aromatic nitrogens is 4. The molecule has 136 valence electrons. The molecular weight excluding hydrogens is 358 g/mol. The molecule has 0 atom stereocenters. The zero-order chi connectivity index (χ0) is 19.0. The fourth-order valence-electron chi connectivity index (χ4n) is 2.75. The zero-order valence-corrected chi connectivity index (χ0v) is 16.1. The van der Waals surface area contributed by atoms with Crippen LogP contribution in [0.25, 0.3) is 15.9 Å². The van der Waals surface area contributed by atoms with E-state index in [1.807, 2.05) is 47.0 Å². The Morgan fingerprint density at radius 1 is 1.04 bits per heavy atom. The van der Waals surface area contributed by atoms with Gasteiger partial charge in [0.05, 0.1) is 10.2 Å². The summed E-state index contributed by atoms with van der Waals surface area (Å²) in [5.74, 6) is -0.159. The molecule has 2 heterocycles. The highest BCUT2D eigenvalue weighted by molar-refractivity contribution is 7.22. The summed E-state index contributed by atoms with van der Waals surface area (Å²) in [5.41, 5.74) is 3.67. The molecule has 0 fully saturated rings. The minimum absolute atomic E-state index is 0.0600. The van der Waals surface area contributed by atoms with E-state index in [9.17, 15) is 4.79 Å². The van der Waals surface area contributed by atoms with Crippen LogP contribution < -0.4 is 5.32 Å². The van der Waals surface area contributed by atoms with Crippen LogP contribution in [0, 0.1) is 0 Å². The first-order chi connectivity index (χ1) is 12.9. The summed E-state index contributed by atoms with van der Waals surface area (Å²) in [6.45, 7) is 6.45. The third-order valence-corrected chi connectivity index (χ3v) is 5.26. The summed E-state index contributed by atoms with van der Waals surface area (Å²) in [6.07, 6.45) is 3.29. The zero-order valence-electron chi connectivity index (χ0n) is 15.3. The molecule has 0 radical (unpaired) electrons. The van der Waals surface area contributed by atoms with E-state index in [0.29, 0.717) is 10.7 Å². The quantitative estimate of drug-likeness (QED) is 0.573. The molecule has 2 aromatic heterocycles. The predicted octanol–water partition coefficient (Wildman–Crippen LogP) is 4.43. The van der Waals surface area contributed by atoms with Crippen LogP contribution in [-0.4, -0.2) is 25.7 Å². The van der Waals surface area contributed by atoms with Crippen molar-refractivity contribution in [3.05, 3.63) is 66.2 Å². The van der Waals surface area contributed by atoms with Crippen molar-refractivity contribution in [1.82, 2.24) is 19.7 Å². The van der Waals surface area contributed by atoms with Crippen LogP contribution in [0.5, 0.6) is 0 Å². The van der Waals surface area contributed by atoms with Crippen LogP contribution >= 0.6 is 11.3 Å². The van der Waals surface area contributed by atoms with Crippen molar-refractivity contribution in [3.8, 4) is 5.69 Å². The van der Waals surface area contributed by atoms with Crippen molar-refractivity contribution >= 4 is 32.6 Å². The molecule has 0 bridgehead atoms. The average Bonchev–Trinajstić information content (AvgIpc) is 3.29. The molecule has 6 nitrogen and oxygen atoms in total. The molecule has 0 aliphatic rings. The Labute approximate surface area is 160 Å². The number of carbonyl (C=O) groups excluding carboxylic acids is 1. The molecule has 0 saturated carbocycles. The molecule has 0 aliphatic heterocycles. The summed E-state index contributed by atoms with van der Waals surface area (Å²) in [6, 6.07) is 13.6. The minimum atomic E-state index is -0.159. The molecule has 1 N–H and O–H groups in total. The van der Waals surface area contributed by atoms with Gasteiger partial charge in [0.15, 0.2) is 5.13 Å². The van der Waals surface area contributed by atoms with Crippen molar-refractivity contribution < 1.29 is 4.79 Å². The van der Waals surface area contributed by atoms with Gasteiger partial charge in [-0.25, -0.2) is 4.98 Å². The van der Waals surface area contributed by atoms with E-state index in [1.54, 1.807) is 12.7 Å². The monoisotopic (exact) mass is 377 g/mol. The van der Waals surface area contributed by atoms with Gasteiger partial charge >= 0.3 is 0 Å². The number of nitrogens with one attached hydrogen (secondary N) is 1. The Morgan fingerprint density at radius 3 is 2.41 bits per heavy atom. The molecule has 0 aliphatic carbocycles. The highest BCUT2D eigenvalue weighted by Crippen LogP contribution is 2.28. The Kier molecular flexibility index (Phi) is 4.24. The van der Waals surface area contributed by atoms with Gasteiger partial charge in [0, 0.05) is 11.3 Å². The van der Waals surface area contributed by atoms with Crippen molar-refractivity contribution in [2.75, 3.05) is 5.32 Å². The first-order valence-electron chi connectivity index (χ1n) is 8.58. The Hall–Kier alpha value is -3.06. The molecule has 4 aromatic rings. The van der Waals surface area contributed by atoms with E-state index >= 15 is 0 Å². The number of thiazole rings is 1. The summed E-state index contributed by atoms with van der Waals surface area (Å²) in [5, 5.41) is 11.1. The maximum Gasteiger partial charge on any atom is 0.257 e. The van der Waals surface area contributed by atoms with Crippen molar-refractivity contribution in [1.29, 1.82) is 0 Å². The number of benzene rings is 2. The molecule has 0 spiro atoms. The van der Waals surface area contributed by atoms with Crippen LogP contribution in [0.15, 0.2) is 55.1 Å². The second-order valence-electron chi connectivity index (χ2n) is 7.32. The molecule has 0 saturated heterocycles. The lowest BCUT2D eigenvalue weighted by atomic mass is 9.87. The number of carbonyl (C=O) groups is 1. The van der Waals surface area contributed by atoms with E-state index in [-0.39, 0.29) is 11.3 Å². The Balaban J connectivity index is 1.55. The van der Waals surface area contributed by atoms with E-state index in [2.05, 4.69) is 41.3 Å². The first kappa shape index (κ1) is 17.4. The Bertz CT molecular complexity index is 1090. The maximum atomic E-state index is 12.5. The fourth-order valence-corrected chi connectivity index (χ4v) is 3.65. The van der Waals surface area contributed by atoms with Gasteiger partial charge in [-0.3, -0.25) is 14.7 Å². The number of amides is 1. The number of fused-ring (bicyclic) bond motifs is 1. The van der Waals surface area contributed by atoms with Crippen molar-refractivity contribution in [2.45, 2.75) is 26.2 Å².